The monoisotopic (exact) mass is 279 g/mol. The maximum Gasteiger partial charge on any atom is 0.126 e. The Morgan fingerprint density at radius 2 is 2.05 bits per heavy atom. The molecule has 1 heterocycles. The maximum atomic E-state index is 14.0. The maximum absolute atomic E-state index is 14.0. The minimum atomic E-state index is -0.103. The van der Waals surface area contributed by atoms with Crippen LogP contribution in [0.15, 0.2) is 24.3 Å². The van der Waals surface area contributed by atoms with Gasteiger partial charge in [-0.1, -0.05) is 32.0 Å². The van der Waals surface area contributed by atoms with Crippen molar-refractivity contribution in [2.45, 2.75) is 64.2 Å². The highest BCUT2D eigenvalue weighted by molar-refractivity contribution is 5.22. The van der Waals surface area contributed by atoms with Crippen LogP contribution in [0.4, 0.5) is 4.39 Å². The highest BCUT2D eigenvalue weighted by Crippen LogP contribution is 2.30. The summed E-state index contributed by atoms with van der Waals surface area (Å²) < 4.78 is 20.0. The van der Waals surface area contributed by atoms with Gasteiger partial charge in [0.2, 0.25) is 0 Å². The predicted molar refractivity (Wildman–Crippen MR) is 80.5 cm³/mol. The van der Waals surface area contributed by atoms with Gasteiger partial charge in [0.05, 0.1) is 12.2 Å². The second-order valence-electron chi connectivity index (χ2n) is 6.16. The van der Waals surface area contributed by atoms with Gasteiger partial charge in [0.1, 0.15) is 5.82 Å². The van der Waals surface area contributed by atoms with Crippen LogP contribution in [0.25, 0.3) is 0 Å². The molecule has 1 saturated heterocycles. The number of ether oxygens (including phenoxy) is 1. The van der Waals surface area contributed by atoms with E-state index >= 15 is 0 Å². The molecule has 1 aliphatic heterocycles. The highest BCUT2D eigenvalue weighted by Gasteiger charge is 2.26. The van der Waals surface area contributed by atoms with E-state index in [2.05, 4.69) is 26.1 Å². The van der Waals surface area contributed by atoms with Crippen LogP contribution in [0.1, 0.15) is 51.5 Å². The lowest BCUT2D eigenvalue weighted by molar-refractivity contribution is 0.0463. The molecule has 3 unspecified atom stereocenters. The standard InChI is InChI=1S/C17H26FNO/c1-12(2)19-11-14(10-15-9-8-13(3)20-15)16-6-4-5-7-17(16)18/h4-7,12-15,19H,8-11H2,1-3H3. The van der Waals surface area contributed by atoms with Gasteiger partial charge in [-0.05, 0) is 37.8 Å². The summed E-state index contributed by atoms with van der Waals surface area (Å²) in [6.07, 6.45) is 3.72. The molecule has 0 aliphatic carbocycles. The summed E-state index contributed by atoms with van der Waals surface area (Å²) in [6.45, 7) is 7.15. The molecule has 20 heavy (non-hydrogen) atoms. The van der Waals surface area contributed by atoms with Crippen molar-refractivity contribution < 1.29 is 9.13 Å². The molecule has 2 rings (SSSR count). The third-order valence-electron chi connectivity index (χ3n) is 3.98. The van der Waals surface area contributed by atoms with Gasteiger partial charge in [-0.3, -0.25) is 0 Å². The van der Waals surface area contributed by atoms with E-state index in [-0.39, 0.29) is 17.8 Å². The molecule has 3 atom stereocenters. The van der Waals surface area contributed by atoms with E-state index < -0.39 is 0 Å². The molecule has 0 amide bonds. The lowest BCUT2D eigenvalue weighted by atomic mass is 9.91. The van der Waals surface area contributed by atoms with E-state index in [1.54, 1.807) is 12.1 Å². The molecular weight excluding hydrogens is 253 g/mol. The number of hydrogen-bond acceptors (Lipinski definition) is 2. The number of nitrogens with one attached hydrogen (secondary N) is 1. The van der Waals surface area contributed by atoms with E-state index in [0.29, 0.717) is 12.1 Å². The molecule has 2 nitrogen and oxygen atoms in total. The number of rotatable bonds is 6. The molecule has 1 aromatic rings. The van der Waals surface area contributed by atoms with Gasteiger partial charge in [0, 0.05) is 18.5 Å². The SMILES string of the molecule is CC(C)NCC(CC1CCC(C)O1)c1ccccc1F. The third kappa shape index (κ3) is 4.29. The second kappa shape index (κ2) is 7.19. The van der Waals surface area contributed by atoms with Crippen LogP contribution in [0.5, 0.6) is 0 Å². The fourth-order valence-electron chi connectivity index (χ4n) is 2.88. The predicted octanol–water partition coefficient (Wildman–Crippen LogP) is 3.86. The smallest absolute Gasteiger partial charge is 0.126 e. The van der Waals surface area contributed by atoms with Crippen molar-refractivity contribution in [2.24, 2.45) is 0 Å². The average Bonchev–Trinajstić information content (AvgIpc) is 2.81. The first-order chi connectivity index (χ1) is 9.56. The summed E-state index contributed by atoms with van der Waals surface area (Å²) in [5, 5.41) is 3.43. The molecule has 1 aliphatic rings. The molecule has 112 valence electrons. The quantitative estimate of drug-likeness (QED) is 0.853. The van der Waals surface area contributed by atoms with Crippen LogP contribution in [0, 0.1) is 5.82 Å². The zero-order valence-electron chi connectivity index (χ0n) is 12.7. The van der Waals surface area contributed by atoms with Crippen LogP contribution in [0.2, 0.25) is 0 Å². The van der Waals surface area contributed by atoms with Crippen molar-refractivity contribution in [2.75, 3.05) is 6.54 Å². The molecule has 1 aromatic carbocycles. The highest BCUT2D eigenvalue weighted by atomic mass is 19.1. The minimum absolute atomic E-state index is 0.103. The third-order valence-corrected chi connectivity index (χ3v) is 3.98. The van der Waals surface area contributed by atoms with Gasteiger partial charge in [-0.25, -0.2) is 4.39 Å². The number of halogens is 1. The first kappa shape index (κ1) is 15.5. The second-order valence-corrected chi connectivity index (χ2v) is 6.16. The topological polar surface area (TPSA) is 21.3 Å². The molecule has 1 fully saturated rings. The van der Waals surface area contributed by atoms with Crippen molar-refractivity contribution in [3.8, 4) is 0 Å². The average molecular weight is 279 g/mol. The van der Waals surface area contributed by atoms with Gasteiger partial charge in [-0.15, -0.1) is 0 Å². The summed E-state index contributed by atoms with van der Waals surface area (Å²) >= 11 is 0. The van der Waals surface area contributed by atoms with Gasteiger partial charge < -0.3 is 10.1 Å². The van der Waals surface area contributed by atoms with E-state index in [4.69, 9.17) is 4.74 Å². The Balaban J connectivity index is 2.06. The Bertz CT molecular complexity index is 421. The zero-order chi connectivity index (χ0) is 14.5. The van der Waals surface area contributed by atoms with E-state index in [0.717, 1.165) is 31.4 Å². The fraction of sp³-hybridized carbons (Fsp3) is 0.647. The molecule has 0 spiro atoms. The molecule has 0 aromatic heterocycles. The first-order valence-corrected chi connectivity index (χ1v) is 7.69. The molecule has 3 heteroatoms. The van der Waals surface area contributed by atoms with Crippen LogP contribution in [-0.4, -0.2) is 24.8 Å². The van der Waals surface area contributed by atoms with Crippen molar-refractivity contribution >= 4 is 0 Å². The molecule has 0 bridgehead atoms. The Morgan fingerprint density at radius 1 is 1.30 bits per heavy atom. The normalized spacial score (nSPS) is 24.2. The first-order valence-electron chi connectivity index (χ1n) is 7.69. The van der Waals surface area contributed by atoms with Crippen LogP contribution >= 0.6 is 0 Å². The molecule has 0 radical (unpaired) electrons. The van der Waals surface area contributed by atoms with Crippen molar-refractivity contribution in [1.82, 2.24) is 5.32 Å². The van der Waals surface area contributed by atoms with Crippen LogP contribution in [-0.2, 0) is 4.74 Å². The molecule has 1 N–H and O–H groups in total. The van der Waals surface area contributed by atoms with Crippen molar-refractivity contribution in [3.05, 3.63) is 35.6 Å². The van der Waals surface area contributed by atoms with Crippen LogP contribution < -0.4 is 5.32 Å². The largest absolute Gasteiger partial charge is 0.375 e. The van der Waals surface area contributed by atoms with Gasteiger partial charge in [0.25, 0.3) is 0 Å². The zero-order valence-corrected chi connectivity index (χ0v) is 12.7. The minimum Gasteiger partial charge on any atom is -0.375 e. The Morgan fingerprint density at radius 3 is 2.65 bits per heavy atom. The summed E-state index contributed by atoms with van der Waals surface area (Å²) in [5.41, 5.74) is 0.809. The fourth-order valence-corrected chi connectivity index (χ4v) is 2.88. The lowest BCUT2D eigenvalue weighted by Crippen LogP contribution is -2.30. The lowest BCUT2D eigenvalue weighted by Gasteiger charge is -2.23. The Hall–Kier alpha value is -0.930. The van der Waals surface area contributed by atoms with Crippen molar-refractivity contribution in [3.63, 3.8) is 0 Å². The van der Waals surface area contributed by atoms with Gasteiger partial charge in [-0.2, -0.15) is 0 Å². The van der Waals surface area contributed by atoms with E-state index in [1.165, 1.54) is 0 Å². The molecule has 0 saturated carbocycles. The van der Waals surface area contributed by atoms with Crippen molar-refractivity contribution in [1.29, 1.82) is 0 Å². The van der Waals surface area contributed by atoms with E-state index in [1.807, 2.05) is 12.1 Å². The van der Waals surface area contributed by atoms with Gasteiger partial charge >= 0.3 is 0 Å². The summed E-state index contributed by atoms with van der Waals surface area (Å²) in [5.74, 6) is 0.0722. The Labute approximate surface area is 121 Å². The Kier molecular flexibility index (Phi) is 5.55. The van der Waals surface area contributed by atoms with E-state index in [9.17, 15) is 4.39 Å². The summed E-state index contributed by atoms with van der Waals surface area (Å²) in [4.78, 5) is 0. The van der Waals surface area contributed by atoms with Crippen LogP contribution in [0.3, 0.4) is 0 Å². The number of hydrogen-bond donors (Lipinski definition) is 1. The summed E-state index contributed by atoms with van der Waals surface area (Å²) in [6, 6.07) is 7.53. The number of benzene rings is 1. The summed E-state index contributed by atoms with van der Waals surface area (Å²) in [7, 11) is 0. The van der Waals surface area contributed by atoms with Gasteiger partial charge in [0.15, 0.2) is 0 Å². The molecular formula is C17H26FNO.